The first-order valence-electron chi connectivity index (χ1n) is 34.9. The van der Waals surface area contributed by atoms with Crippen LogP contribution >= 0.6 is 0 Å². The van der Waals surface area contributed by atoms with Crippen LogP contribution in [-0.4, -0.2) is 47.4 Å². The van der Waals surface area contributed by atoms with Gasteiger partial charge in [-0.3, -0.25) is 9.59 Å². The molecule has 0 radical (unpaired) electrons. The van der Waals surface area contributed by atoms with E-state index in [9.17, 15) is 19.8 Å². The Balaban J connectivity index is 3.39. The molecule has 0 aromatic carbocycles. The van der Waals surface area contributed by atoms with E-state index in [-0.39, 0.29) is 18.5 Å². The predicted octanol–water partition coefficient (Wildman–Crippen LogP) is 22.4. The number of ether oxygens (including phenoxy) is 1. The predicted molar refractivity (Wildman–Crippen MR) is 333 cm³/mol. The van der Waals surface area contributed by atoms with Crippen molar-refractivity contribution in [2.45, 2.75) is 411 Å². The Labute approximate surface area is 476 Å². The molecule has 0 aliphatic heterocycles. The van der Waals surface area contributed by atoms with Gasteiger partial charge in [-0.15, -0.1) is 0 Å². The number of aliphatic hydroxyl groups excluding tert-OH is 2. The number of allylic oxidation sites excluding steroid dienone is 2. The maximum Gasteiger partial charge on any atom is 0.305 e. The highest BCUT2D eigenvalue weighted by atomic mass is 16.5. The van der Waals surface area contributed by atoms with Crippen LogP contribution in [0.4, 0.5) is 0 Å². The molecule has 0 aliphatic rings. The van der Waals surface area contributed by atoms with Crippen LogP contribution in [0.2, 0.25) is 0 Å². The summed E-state index contributed by atoms with van der Waals surface area (Å²) in [5.41, 5.74) is 0. The Hall–Kier alpha value is -1.40. The molecule has 452 valence electrons. The molecule has 1 amide bonds. The van der Waals surface area contributed by atoms with Gasteiger partial charge in [0.05, 0.1) is 25.4 Å². The topological polar surface area (TPSA) is 95.9 Å². The van der Waals surface area contributed by atoms with E-state index in [0.717, 1.165) is 38.5 Å². The van der Waals surface area contributed by atoms with E-state index >= 15 is 0 Å². The molecule has 0 aromatic heterocycles. The van der Waals surface area contributed by atoms with Gasteiger partial charge in [0.25, 0.3) is 0 Å². The molecule has 0 aromatic rings. The summed E-state index contributed by atoms with van der Waals surface area (Å²) in [4.78, 5) is 24.6. The molecule has 0 aliphatic carbocycles. The lowest BCUT2D eigenvalue weighted by atomic mass is 10.0. The van der Waals surface area contributed by atoms with Crippen LogP contribution in [0.5, 0.6) is 0 Å². The van der Waals surface area contributed by atoms with Gasteiger partial charge in [0, 0.05) is 12.8 Å². The highest BCUT2D eigenvalue weighted by Gasteiger charge is 2.20. The quantitative estimate of drug-likeness (QED) is 0.0320. The number of nitrogens with one attached hydrogen (secondary N) is 1. The third-order valence-electron chi connectivity index (χ3n) is 16.6. The second-order valence-electron chi connectivity index (χ2n) is 24.2. The highest BCUT2D eigenvalue weighted by molar-refractivity contribution is 5.76. The van der Waals surface area contributed by atoms with Gasteiger partial charge in [-0.05, 0) is 51.4 Å². The fourth-order valence-corrected chi connectivity index (χ4v) is 11.2. The van der Waals surface area contributed by atoms with Crippen LogP contribution in [0.1, 0.15) is 399 Å². The molecular weight excluding hydrogens is 935 g/mol. The molecule has 6 nitrogen and oxygen atoms in total. The van der Waals surface area contributed by atoms with Gasteiger partial charge in [0.2, 0.25) is 5.91 Å². The second kappa shape index (κ2) is 66.1. The maximum atomic E-state index is 12.5. The van der Waals surface area contributed by atoms with Crippen molar-refractivity contribution in [3.8, 4) is 0 Å². The SMILES string of the molecule is CCCCCCCCCCCCCCCCCCCCCCCCC(O)C(CO)NC(=O)CCCCCCCCCCC/C=C\CCCCCCCCCCCCCCOC(=O)CCCCCCCCCCCCCC. The van der Waals surface area contributed by atoms with Crippen molar-refractivity contribution in [3.63, 3.8) is 0 Å². The molecule has 0 spiro atoms. The lowest BCUT2D eigenvalue weighted by molar-refractivity contribution is -0.143. The van der Waals surface area contributed by atoms with Crippen molar-refractivity contribution in [3.05, 3.63) is 12.2 Å². The number of hydrogen-bond acceptors (Lipinski definition) is 5. The number of unbranched alkanes of at least 4 members (excludes halogenated alkanes) is 53. The minimum atomic E-state index is -0.667. The number of carbonyl (C=O) groups excluding carboxylic acids is 2. The smallest absolute Gasteiger partial charge is 0.305 e. The summed E-state index contributed by atoms with van der Waals surface area (Å²) in [7, 11) is 0. The monoisotopic (exact) mass is 1070 g/mol. The molecule has 2 atom stereocenters. The van der Waals surface area contributed by atoms with Gasteiger partial charge in [-0.25, -0.2) is 0 Å². The molecule has 0 rings (SSSR count). The van der Waals surface area contributed by atoms with E-state index in [1.807, 2.05) is 0 Å². The average Bonchev–Trinajstić information content (AvgIpc) is 3.42. The maximum absolute atomic E-state index is 12.5. The van der Waals surface area contributed by atoms with Crippen LogP contribution in [0, 0.1) is 0 Å². The summed E-state index contributed by atoms with van der Waals surface area (Å²) in [5, 5.41) is 23.4. The van der Waals surface area contributed by atoms with Crippen LogP contribution in [-0.2, 0) is 14.3 Å². The molecule has 0 bridgehead atoms. The Morgan fingerprint density at radius 3 is 0.934 bits per heavy atom. The summed E-state index contributed by atoms with van der Waals surface area (Å²) in [6, 6.07) is -0.544. The van der Waals surface area contributed by atoms with Crippen molar-refractivity contribution in [2.75, 3.05) is 13.2 Å². The van der Waals surface area contributed by atoms with Gasteiger partial charge in [-0.1, -0.05) is 347 Å². The zero-order valence-electron chi connectivity index (χ0n) is 51.8. The number of amides is 1. The van der Waals surface area contributed by atoms with E-state index < -0.39 is 12.1 Å². The first-order valence-corrected chi connectivity index (χ1v) is 34.9. The van der Waals surface area contributed by atoms with Crippen molar-refractivity contribution in [2.24, 2.45) is 0 Å². The Bertz CT molecular complexity index is 1140. The third kappa shape index (κ3) is 61.8. The van der Waals surface area contributed by atoms with Crippen molar-refractivity contribution in [1.82, 2.24) is 5.32 Å². The number of aliphatic hydroxyl groups is 2. The van der Waals surface area contributed by atoms with Gasteiger partial charge in [0.15, 0.2) is 0 Å². The summed E-state index contributed by atoms with van der Waals surface area (Å²) in [5.74, 6) is -0.0179. The minimum absolute atomic E-state index is 0.0152. The molecular formula is C70H137NO5. The van der Waals surface area contributed by atoms with Crippen molar-refractivity contribution < 1.29 is 24.5 Å². The first-order chi connectivity index (χ1) is 37.5. The molecule has 3 N–H and O–H groups in total. The van der Waals surface area contributed by atoms with Crippen LogP contribution in [0.15, 0.2) is 12.2 Å². The summed E-state index contributed by atoms with van der Waals surface area (Å²) < 4.78 is 5.48. The third-order valence-corrected chi connectivity index (χ3v) is 16.6. The fourth-order valence-electron chi connectivity index (χ4n) is 11.2. The summed E-state index contributed by atoms with van der Waals surface area (Å²) in [6.45, 7) is 4.99. The summed E-state index contributed by atoms with van der Waals surface area (Å²) in [6.07, 6.45) is 81.1. The Kier molecular flexibility index (Phi) is 64.9. The molecule has 2 unspecified atom stereocenters. The van der Waals surface area contributed by atoms with Crippen LogP contribution < -0.4 is 5.32 Å². The molecule has 0 saturated heterocycles. The lowest BCUT2D eigenvalue weighted by Gasteiger charge is -2.22. The molecule has 6 heteroatoms. The van der Waals surface area contributed by atoms with Crippen molar-refractivity contribution in [1.29, 1.82) is 0 Å². The van der Waals surface area contributed by atoms with Crippen LogP contribution in [0.25, 0.3) is 0 Å². The zero-order chi connectivity index (χ0) is 55.0. The number of hydrogen-bond donors (Lipinski definition) is 3. The van der Waals surface area contributed by atoms with E-state index in [1.54, 1.807) is 0 Å². The minimum Gasteiger partial charge on any atom is -0.466 e. The Morgan fingerprint density at radius 1 is 0.355 bits per heavy atom. The van der Waals surface area contributed by atoms with E-state index in [2.05, 4.69) is 31.3 Å². The van der Waals surface area contributed by atoms with Gasteiger partial charge < -0.3 is 20.3 Å². The van der Waals surface area contributed by atoms with E-state index in [1.165, 1.54) is 327 Å². The number of esters is 1. The van der Waals surface area contributed by atoms with E-state index in [4.69, 9.17) is 4.74 Å². The molecule has 76 heavy (non-hydrogen) atoms. The van der Waals surface area contributed by atoms with Gasteiger partial charge in [-0.2, -0.15) is 0 Å². The number of carbonyl (C=O) groups is 2. The molecule has 0 heterocycles. The van der Waals surface area contributed by atoms with Gasteiger partial charge >= 0.3 is 5.97 Å². The highest BCUT2D eigenvalue weighted by Crippen LogP contribution is 2.19. The fraction of sp³-hybridized carbons (Fsp3) is 0.943. The largest absolute Gasteiger partial charge is 0.466 e. The van der Waals surface area contributed by atoms with Crippen molar-refractivity contribution >= 4 is 11.9 Å². The normalized spacial score (nSPS) is 12.5. The molecule has 0 saturated carbocycles. The Morgan fingerprint density at radius 2 is 0.618 bits per heavy atom. The zero-order valence-corrected chi connectivity index (χ0v) is 51.8. The first kappa shape index (κ1) is 74.6. The average molecular weight is 1070 g/mol. The molecule has 0 fully saturated rings. The standard InChI is InChI=1S/C70H137NO5/c1-3-5-7-9-11-13-15-17-18-19-20-21-27-30-33-36-39-42-46-50-54-58-62-68(73)67(66-72)71-69(74)63-59-55-51-47-43-40-37-34-31-28-25-23-22-24-26-29-32-35-38-41-45-49-53-57-61-65-76-70(75)64-60-56-52-48-44-16-14-12-10-8-6-4-2/h23,25,67-68,72-73H,3-22,24,26-66H2,1-2H3,(H,71,74)/b25-23-. The second-order valence-corrected chi connectivity index (χ2v) is 24.2. The van der Waals surface area contributed by atoms with E-state index in [0.29, 0.717) is 25.9 Å². The van der Waals surface area contributed by atoms with Gasteiger partial charge in [0.1, 0.15) is 0 Å². The van der Waals surface area contributed by atoms with Crippen LogP contribution in [0.3, 0.4) is 0 Å². The number of rotatable bonds is 66. The lowest BCUT2D eigenvalue weighted by Crippen LogP contribution is -2.45. The summed E-state index contributed by atoms with van der Waals surface area (Å²) >= 11 is 0.